The second-order valence-corrected chi connectivity index (χ2v) is 6.66. The summed E-state index contributed by atoms with van der Waals surface area (Å²) < 4.78 is 11.8. The molecule has 1 saturated carbocycles. The standard InChI is InChI=1S/C16H31NO3/c1-12-9-15(10-13(2)20-12)19-8-6-14-5-4-7-16(14,11-18)17-3/h12-15,17-18H,4-11H2,1-3H3. The first-order valence-electron chi connectivity index (χ1n) is 8.16. The van der Waals surface area contributed by atoms with Crippen LogP contribution < -0.4 is 5.32 Å². The first kappa shape index (κ1) is 16.2. The molecule has 0 aromatic heterocycles. The van der Waals surface area contributed by atoms with Gasteiger partial charge in [0.15, 0.2) is 0 Å². The first-order valence-corrected chi connectivity index (χ1v) is 8.16. The van der Waals surface area contributed by atoms with Crippen molar-refractivity contribution in [1.29, 1.82) is 0 Å². The second kappa shape index (κ2) is 7.21. The number of ether oxygens (including phenoxy) is 2. The summed E-state index contributed by atoms with van der Waals surface area (Å²) in [5.41, 5.74) is -0.0698. The Morgan fingerprint density at radius 2 is 2.00 bits per heavy atom. The monoisotopic (exact) mass is 285 g/mol. The summed E-state index contributed by atoms with van der Waals surface area (Å²) in [6.07, 6.45) is 7.50. The molecule has 4 nitrogen and oxygen atoms in total. The molecule has 0 amide bonds. The summed E-state index contributed by atoms with van der Waals surface area (Å²) >= 11 is 0. The normalized spacial score (nSPS) is 42.0. The Balaban J connectivity index is 1.75. The number of nitrogens with one attached hydrogen (secondary N) is 1. The minimum Gasteiger partial charge on any atom is -0.394 e. The molecule has 0 bridgehead atoms. The zero-order valence-electron chi connectivity index (χ0n) is 13.2. The van der Waals surface area contributed by atoms with Crippen LogP contribution in [0, 0.1) is 5.92 Å². The van der Waals surface area contributed by atoms with Gasteiger partial charge < -0.3 is 19.9 Å². The molecule has 0 aromatic rings. The maximum Gasteiger partial charge on any atom is 0.0624 e. The van der Waals surface area contributed by atoms with Crippen molar-refractivity contribution in [3.05, 3.63) is 0 Å². The topological polar surface area (TPSA) is 50.7 Å². The fourth-order valence-corrected chi connectivity index (χ4v) is 4.04. The number of likely N-dealkylation sites (N-methyl/N-ethyl adjacent to an activating group) is 1. The maximum atomic E-state index is 9.68. The quantitative estimate of drug-likeness (QED) is 0.785. The zero-order valence-corrected chi connectivity index (χ0v) is 13.2. The number of rotatable bonds is 6. The van der Waals surface area contributed by atoms with E-state index >= 15 is 0 Å². The van der Waals surface area contributed by atoms with Crippen LogP contribution in [0.3, 0.4) is 0 Å². The molecule has 4 atom stereocenters. The largest absolute Gasteiger partial charge is 0.394 e. The van der Waals surface area contributed by atoms with Gasteiger partial charge in [-0.25, -0.2) is 0 Å². The summed E-state index contributed by atoms with van der Waals surface area (Å²) in [4.78, 5) is 0. The van der Waals surface area contributed by atoms with Crippen LogP contribution in [0.15, 0.2) is 0 Å². The summed E-state index contributed by atoms with van der Waals surface area (Å²) in [5.74, 6) is 0.534. The maximum absolute atomic E-state index is 9.68. The SMILES string of the molecule is CNC1(CO)CCCC1CCOC1CC(C)OC(C)C1. The van der Waals surface area contributed by atoms with Gasteiger partial charge in [0.25, 0.3) is 0 Å². The van der Waals surface area contributed by atoms with E-state index in [-0.39, 0.29) is 12.1 Å². The summed E-state index contributed by atoms with van der Waals surface area (Å²) in [7, 11) is 1.97. The summed E-state index contributed by atoms with van der Waals surface area (Å²) in [5, 5.41) is 13.0. The summed E-state index contributed by atoms with van der Waals surface area (Å²) in [6.45, 7) is 5.29. The average Bonchev–Trinajstić information content (AvgIpc) is 2.81. The Kier molecular flexibility index (Phi) is 5.84. The molecular weight excluding hydrogens is 254 g/mol. The smallest absolute Gasteiger partial charge is 0.0624 e. The minimum absolute atomic E-state index is 0.0698. The van der Waals surface area contributed by atoms with E-state index in [1.54, 1.807) is 0 Å². The highest BCUT2D eigenvalue weighted by atomic mass is 16.5. The van der Waals surface area contributed by atoms with E-state index in [0.717, 1.165) is 32.3 Å². The van der Waals surface area contributed by atoms with Gasteiger partial charge in [0.2, 0.25) is 0 Å². The Hall–Kier alpha value is -0.160. The molecule has 1 aliphatic carbocycles. The molecule has 4 unspecified atom stereocenters. The molecule has 2 fully saturated rings. The lowest BCUT2D eigenvalue weighted by atomic mass is 9.85. The fourth-order valence-electron chi connectivity index (χ4n) is 4.04. The molecule has 1 saturated heterocycles. The van der Waals surface area contributed by atoms with Gasteiger partial charge in [0.05, 0.1) is 24.9 Å². The van der Waals surface area contributed by atoms with Crippen molar-refractivity contribution in [3.8, 4) is 0 Å². The van der Waals surface area contributed by atoms with Crippen LogP contribution in [0.25, 0.3) is 0 Å². The molecule has 4 heteroatoms. The van der Waals surface area contributed by atoms with E-state index in [9.17, 15) is 5.11 Å². The molecule has 20 heavy (non-hydrogen) atoms. The van der Waals surface area contributed by atoms with Gasteiger partial charge in [0, 0.05) is 12.1 Å². The van der Waals surface area contributed by atoms with Gasteiger partial charge in [-0.2, -0.15) is 0 Å². The highest BCUT2D eigenvalue weighted by Crippen LogP contribution is 2.37. The van der Waals surface area contributed by atoms with Crippen molar-refractivity contribution in [2.75, 3.05) is 20.3 Å². The van der Waals surface area contributed by atoms with Crippen LogP contribution >= 0.6 is 0 Å². The van der Waals surface area contributed by atoms with Crippen molar-refractivity contribution in [3.63, 3.8) is 0 Å². The fraction of sp³-hybridized carbons (Fsp3) is 1.00. The van der Waals surface area contributed by atoms with Crippen molar-refractivity contribution in [1.82, 2.24) is 5.32 Å². The van der Waals surface area contributed by atoms with Crippen LogP contribution in [-0.2, 0) is 9.47 Å². The van der Waals surface area contributed by atoms with Gasteiger partial charge in [0.1, 0.15) is 0 Å². The molecule has 2 N–H and O–H groups in total. The number of hydrogen-bond acceptors (Lipinski definition) is 4. The Morgan fingerprint density at radius 1 is 1.30 bits per heavy atom. The van der Waals surface area contributed by atoms with Crippen LogP contribution in [0.1, 0.15) is 52.4 Å². The van der Waals surface area contributed by atoms with Gasteiger partial charge in [-0.15, -0.1) is 0 Å². The van der Waals surface area contributed by atoms with Crippen LogP contribution in [0.5, 0.6) is 0 Å². The first-order chi connectivity index (χ1) is 9.59. The van der Waals surface area contributed by atoms with Crippen LogP contribution in [0.4, 0.5) is 0 Å². The Labute approximate surface area is 123 Å². The zero-order chi connectivity index (χ0) is 14.6. The van der Waals surface area contributed by atoms with Gasteiger partial charge in [-0.05, 0) is 58.9 Å². The van der Waals surface area contributed by atoms with E-state index < -0.39 is 0 Å². The predicted molar refractivity (Wildman–Crippen MR) is 79.8 cm³/mol. The summed E-state index contributed by atoms with van der Waals surface area (Å²) in [6, 6.07) is 0. The lowest BCUT2D eigenvalue weighted by Gasteiger charge is -2.35. The number of aliphatic hydroxyl groups is 1. The third kappa shape index (κ3) is 3.73. The Morgan fingerprint density at radius 3 is 2.60 bits per heavy atom. The van der Waals surface area contributed by atoms with Crippen molar-refractivity contribution >= 4 is 0 Å². The van der Waals surface area contributed by atoms with E-state index in [4.69, 9.17) is 9.47 Å². The molecule has 0 aromatic carbocycles. The number of hydrogen-bond donors (Lipinski definition) is 2. The lowest BCUT2D eigenvalue weighted by Crippen LogP contribution is -2.49. The van der Waals surface area contributed by atoms with E-state index in [1.807, 2.05) is 7.05 Å². The molecular formula is C16H31NO3. The molecule has 1 heterocycles. The molecule has 2 aliphatic rings. The van der Waals surface area contributed by atoms with E-state index in [1.165, 1.54) is 12.8 Å². The molecule has 118 valence electrons. The highest BCUT2D eigenvalue weighted by molar-refractivity contribution is 4.97. The van der Waals surface area contributed by atoms with Gasteiger partial charge >= 0.3 is 0 Å². The third-order valence-electron chi connectivity index (χ3n) is 5.21. The van der Waals surface area contributed by atoms with Crippen LogP contribution in [-0.4, -0.2) is 49.2 Å². The minimum atomic E-state index is -0.0698. The van der Waals surface area contributed by atoms with Crippen molar-refractivity contribution < 1.29 is 14.6 Å². The van der Waals surface area contributed by atoms with Crippen molar-refractivity contribution in [2.45, 2.75) is 76.2 Å². The molecule has 0 radical (unpaired) electrons. The molecule has 2 rings (SSSR count). The van der Waals surface area contributed by atoms with E-state index in [2.05, 4.69) is 19.2 Å². The van der Waals surface area contributed by atoms with Crippen molar-refractivity contribution in [2.24, 2.45) is 5.92 Å². The molecule has 0 spiro atoms. The highest BCUT2D eigenvalue weighted by Gasteiger charge is 2.40. The average molecular weight is 285 g/mol. The van der Waals surface area contributed by atoms with E-state index in [0.29, 0.717) is 24.2 Å². The van der Waals surface area contributed by atoms with Crippen LogP contribution in [0.2, 0.25) is 0 Å². The van der Waals surface area contributed by atoms with Gasteiger partial charge in [-0.3, -0.25) is 0 Å². The van der Waals surface area contributed by atoms with Gasteiger partial charge in [-0.1, -0.05) is 6.42 Å². The molecule has 1 aliphatic heterocycles. The second-order valence-electron chi connectivity index (χ2n) is 6.66. The lowest BCUT2D eigenvalue weighted by molar-refractivity contribution is -0.104. The Bertz CT molecular complexity index is 283. The number of aliphatic hydroxyl groups excluding tert-OH is 1. The predicted octanol–water partition coefficient (Wildman–Crippen LogP) is 2.10. The third-order valence-corrected chi connectivity index (χ3v) is 5.21.